The Morgan fingerprint density at radius 1 is 1.14 bits per heavy atom. The van der Waals surface area contributed by atoms with Crippen molar-refractivity contribution < 1.29 is 9.90 Å². The Labute approximate surface area is 124 Å². The van der Waals surface area contributed by atoms with E-state index in [1.54, 1.807) is 0 Å². The van der Waals surface area contributed by atoms with E-state index in [0.29, 0.717) is 12.5 Å². The lowest BCUT2D eigenvalue weighted by atomic mass is 10.0. The van der Waals surface area contributed by atoms with Crippen LogP contribution in [0.25, 0.3) is 0 Å². The standard InChI is InChI=1S/C18H19NO2/c20-18(21)17(15-6-2-1-3-7-15)19-12-13-5-4-8-16(11-13)14-9-10-14/h1-8,11,14,17,19H,9-10,12H2,(H,20,21). The molecule has 0 amide bonds. The molecule has 3 heteroatoms. The molecule has 0 aliphatic heterocycles. The van der Waals surface area contributed by atoms with E-state index in [1.165, 1.54) is 18.4 Å². The highest BCUT2D eigenvalue weighted by molar-refractivity contribution is 5.75. The van der Waals surface area contributed by atoms with Crippen molar-refractivity contribution in [2.45, 2.75) is 31.3 Å². The highest BCUT2D eigenvalue weighted by atomic mass is 16.4. The molecule has 1 unspecified atom stereocenters. The van der Waals surface area contributed by atoms with Crippen LogP contribution >= 0.6 is 0 Å². The second kappa shape index (κ2) is 6.10. The molecule has 2 aromatic carbocycles. The van der Waals surface area contributed by atoms with E-state index in [4.69, 9.17) is 0 Å². The summed E-state index contributed by atoms with van der Waals surface area (Å²) in [6, 6.07) is 17.1. The molecule has 1 aliphatic rings. The number of benzene rings is 2. The maximum atomic E-state index is 11.4. The summed E-state index contributed by atoms with van der Waals surface area (Å²) >= 11 is 0. The van der Waals surface area contributed by atoms with Gasteiger partial charge in [0.2, 0.25) is 0 Å². The molecule has 3 nitrogen and oxygen atoms in total. The fourth-order valence-corrected chi connectivity index (χ4v) is 2.59. The Hall–Kier alpha value is -2.13. The molecule has 0 bridgehead atoms. The first-order valence-electron chi connectivity index (χ1n) is 7.34. The van der Waals surface area contributed by atoms with Gasteiger partial charge in [0.25, 0.3) is 0 Å². The molecular weight excluding hydrogens is 262 g/mol. The summed E-state index contributed by atoms with van der Waals surface area (Å²) in [6.07, 6.45) is 2.55. The number of carboxylic acid groups (broad SMARTS) is 1. The van der Waals surface area contributed by atoms with E-state index in [1.807, 2.05) is 36.4 Å². The monoisotopic (exact) mass is 281 g/mol. The first-order chi connectivity index (χ1) is 10.2. The van der Waals surface area contributed by atoms with Crippen molar-refractivity contribution in [3.63, 3.8) is 0 Å². The van der Waals surface area contributed by atoms with Crippen molar-refractivity contribution in [3.05, 3.63) is 71.3 Å². The number of rotatable bonds is 6. The van der Waals surface area contributed by atoms with E-state index in [2.05, 4.69) is 23.5 Å². The summed E-state index contributed by atoms with van der Waals surface area (Å²) in [4.78, 5) is 11.4. The predicted octanol–water partition coefficient (Wildman–Crippen LogP) is 3.48. The van der Waals surface area contributed by atoms with Crippen LogP contribution in [0.4, 0.5) is 0 Å². The van der Waals surface area contributed by atoms with Crippen LogP contribution in [0.3, 0.4) is 0 Å². The van der Waals surface area contributed by atoms with Gasteiger partial charge in [-0.05, 0) is 35.4 Å². The molecule has 2 N–H and O–H groups in total. The fraction of sp³-hybridized carbons (Fsp3) is 0.278. The Kier molecular flexibility index (Phi) is 4.02. The van der Waals surface area contributed by atoms with Crippen LogP contribution < -0.4 is 5.32 Å². The second-order valence-electron chi connectivity index (χ2n) is 5.58. The van der Waals surface area contributed by atoms with Gasteiger partial charge in [-0.1, -0.05) is 54.6 Å². The smallest absolute Gasteiger partial charge is 0.325 e. The molecular formula is C18H19NO2. The zero-order valence-electron chi connectivity index (χ0n) is 11.8. The molecule has 0 spiro atoms. The summed E-state index contributed by atoms with van der Waals surface area (Å²) in [5.74, 6) is -0.131. The van der Waals surface area contributed by atoms with E-state index in [9.17, 15) is 9.90 Å². The molecule has 1 atom stereocenters. The number of carbonyl (C=O) groups is 1. The van der Waals surface area contributed by atoms with Gasteiger partial charge in [-0.3, -0.25) is 10.1 Å². The average Bonchev–Trinajstić information content (AvgIpc) is 3.33. The quantitative estimate of drug-likeness (QED) is 0.852. The topological polar surface area (TPSA) is 49.3 Å². The minimum Gasteiger partial charge on any atom is -0.480 e. The third-order valence-corrected chi connectivity index (χ3v) is 3.89. The zero-order valence-corrected chi connectivity index (χ0v) is 11.8. The molecule has 1 aliphatic carbocycles. The molecule has 0 saturated heterocycles. The number of carboxylic acids is 1. The summed E-state index contributed by atoms with van der Waals surface area (Å²) in [7, 11) is 0. The molecule has 108 valence electrons. The first-order valence-corrected chi connectivity index (χ1v) is 7.34. The molecule has 21 heavy (non-hydrogen) atoms. The van der Waals surface area contributed by atoms with Gasteiger partial charge in [-0.15, -0.1) is 0 Å². The van der Waals surface area contributed by atoms with E-state index in [0.717, 1.165) is 11.1 Å². The molecule has 2 aromatic rings. The van der Waals surface area contributed by atoms with Crippen LogP contribution in [0, 0.1) is 0 Å². The highest BCUT2D eigenvalue weighted by Gasteiger charge is 2.23. The minimum atomic E-state index is -0.848. The second-order valence-corrected chi connectivity index (χ2v) is 5.58. The van der Waals surface area contributed by atoms with Crippen molar-refractivity contribution >= 4 is 5.97 Å². The number of aliphatic carboxylic acids is 1. The molecule has 0 heterocycles. The number of hydrogen-bond acceptors (Lipinski definition) is 2. The third-order valence-electron chi connectivity index (χ3n) is 3.89. The predicted molar refractivity (Wildman–Crippen MR) is 82.1 cm³/mol. The minimum absolute atomic E-state index is 0.562. The van der Waals surface area contributed by atoms with Gasteiger partial charge < -0.3 is 5.11 Å². The lowest BCUT2D eigenvalue weighted by Gasteiger charge is -2.15. The van der Waals surface area contributed by atoms with Gasteiger partial charge in [0.1, 0.15) is 6.04 Å². The normalized spacial score (nSPS) is 15.6. The van der Waals surface area contributed by atoms with Crippen LogP contribution in [0.2, 0.25) is 0 Å². The van der Waals surface area contributed by atoms with Gasteiger partial charge in [0.15, 0.2) is 0 Å². The average molecular weight is 281 g/mol. The summed E-state index contributed by atoms with van der Waals surface area (Å²) in [6.45, 7) is 0.562. The van der Waals surface area contributed by atoms with E-state index < -0.39 is 12.0 Å². The summed E-state index contributed by atoms with van der Waals surface area (Å²) < 4.78 is 0. The van der Waals surface area contributed by atoms with Crippen LogP contribution in [0.1, 0.15) is 41.5 Å². The van der Waals surface area contributed by atoms with Gasteiger partial charge >= 0.3 is 5.97 Å². The number of hydrogen-bond donors (Lipinski definition) is 2. The largest absolute Gasteiger partial charge is 0.480 e. The van der Waals surface area contributed by atoms with Crippen LogP contribution in [-0.2, 0) is 11.3 Å². The molecule has 1 saturated carbocycles. The molecule has 3 rings (SSSR count). The van der Waals surface area contributed by atoms with Gasteiger partial charge in [-0.2, -0.15) is 0 Å². The highest BCUT2D eigenvalue weighted by Crippen LogP contribution is 2.40. The Balaban J connectivity index is 1.69. The number of nitrogens with one attached hydrogen (secondary N) is 1. The van der Waals surface area contributed by atoms with Crippen molar-refractivity contribution in [2.75, 3.05) is 0 Å². The Morgan fingerprint density at radius 3 is 2.57 bits per heavy atom. The van der Waals surface area contributed by atoms with Crippen molar-refractivity contribution in [3.8, 4) is 0 Å². The Morgan fingerprint density at radius 2 is 1.90 bits per heavy atom. The van der Waals surface area contributed by atoms with Crippen molar-refractivity contribution in [1.29, 1.82) is 0 Å². The van der Waals surface area contributed by atoms with Crippen molar-refractivity contribution in [2.24, 2.45) is 0 Å². The molecule has 0 aromatic heterocycles. The Bertz CT molecular complexity index is 620. The van der Waals surface area contributed by atoms with Crippen molar-refractivity contribution in [1.82, 2.24) is 5.32 Å². The van der Waals surface area contributed by atoms with Crippen LogP contribution in [-0.4, -0.2) is 11.1 Å². The van der Waals surface area contributed by atoms with E-state index >= 15 is 0 Å². The summed E-state index contributed by atoms with van der Waals surface area (Å²) in [5, 5.41) is 12.5. The maximum absolute atomic E-state index is 11.4. The van der Waals surface area contributed by atoms with Crippen LogP contribution in [0.5, 0.6) is 0 Å². The van der Waals surface area contributed by atoms with E-state index in [-0.39, 0.29) is 0 Å². The van der Waals surface area contributed by atoms with Crippen LogP contribution in [0.15, 0.2) is 54.6 Å². The lowest BCUT2D eigenvalue weighted by Crippen LogP contribution is -2.28. The third kappa shape index (κ3) is 3.50. The first kappa shape index (κ1) is 13.8. The lowest BCUT2D eigenvalue weighted by molar-refractivity contribution is -0.139. The molecule has 0 radical (unpaired) electrons. The summed E-state index contributed by atoms with van der Waals surface area (Å²) in [5.41, 5.74) is 3.30. The van der Waals surface area contributed by atoms with Gasteiger partial charge in [-0.25, -0.2) is 0 Å². The maximum Gasteiger partial charge on any atom is 0.325 e. The zero-order chi connectivity index (χ0) is 14.7. The fourth-order valence-electron chi connectivity index (χ4n) is 2.59. The van der Waals surface area contributed by atoms with Gasteiger partial charge in [0, 0.05) is 6.54 Å². The SMILES string of the molecule is O=C(O)C(NCc1cccc(C2CC2)c1)c1ccccc1. The van der Waals surface area contributed by atoms with Gasteiger partial charge in [0.05, 0.1) is 0 Å². The molecule has 1 fully saturated rings.